The highest BCUT2D eigenvalue weighted by Gasteiger charge is 2.28. The number of hydrogen-bond donors (Lipinski definition) is 1. The molecule has 0 unspecified atom stereocenters. The van der Waals surface area contributed by atoms with Crippen molar-refractivity contribution >= 4 is 5.91 Å². The molecule has 162 valence electrons. The second-order valence-corrected chi connectivity index (χ2v) is 7.91. The van der Waals surface area contributed by atoms with E-state index in [1.807, 2.05) is 43.4 Å². The van der Waals surface area contributed by atoms with E-state index in [1.165, 1.54) is 6.07 Å². The number of likely N-dealkylation sites (tertiary alicyclic amines) is 1. The number of rotatable bonds is 6. The molecule has 0 spiro atoms. The number of piperidine rings is 1. The first kappa shape index (κ1) is 21.1. The van der Waals surface area contributed by atoms with Crippen molar-refractivity contribution in [1.29, 1.82) is 0 Å². The maximum absolute atomic E-state index is 14.0. The Morgan fingerprint density at radius 2 is 2.03 bits per heavy atom. The molecular formula is C24H27FN4O2. The van der Waals surface area contributed by atoms with E-state index >= 15 is 0 Å². The van der Waals surface area contributed by atoms with Crippen LogP contribution in [0.4, 0.5) is 4.39 Å². The number of H-pyrrole nitrogens is 1. The van der Waals surface area contributed by atoms with E-state index < -0.39 is 0 Å². The number of ether oxygens (including phenoxy) is 1. The Morgan fingerprint density at radius 3 is 2.84 bits per heavy atom. The van der Waals surface area contributed by atoms with Crippen molar-refractivity contribution in [3.63, 3.8) is 0 Å². The second kappa shape index (κ2) is 9.31. The first-order valence-electron chi connectivity index (χ1n) is 10.5. The zero-order valence-electron chi connectivity index (χ0n) is 17.8. The van der Waals surface area contributed by atoms with Gasteiger partial charge in [-0.2, -0.15) is 5.10 Å². The lowest BCUT2D eigenvalue weighted by Gasteiger charge is -2.37. The van der Waals surface area contributed by atoms with Crippen LogP contribution in [0.15, 0.2) is 54.6 Å². The van der Waals surface area contributed by atoms with Gasteiger partial charge in [-0.3, -0.25) is 14.8 Å². The molecule has 1 aliphatic rings. The Morgan fingerprint density at radius 1 is 1.26 bits per heavy atom. The van der Waals surface area contributed by atoms with Crippen molar-refractivity contribution in [2.24, 2.45) is 0 Å². The number of carbonyl (C=O) groups is 1. The van der Waals surface area contributed by atoms with Crippen LogP contribution in [0.5, 0.6) is 5.75 Å². The molecule has 0 bridgehead atoms. The van der Waals surface area contributed by atoms with Crippen molar-refractivity contribution in [2.45, 2.75) is 25.4 Å². The van der Waals surface area contributed by atoms with Crippen LogP contribution >= 0.6 is 0 Å². The number of methoxy groups -OCH3 is 1. The number of likely N-dealkylation sites (N-methyl/N-ethyl adjacent to an activating group) is 1. The number of amides is 1. The summed E-state index contributed by atoms with van der Waals surface area (Å²) in [5, 5.41) is 7.19. The Hall–Kier alpha value is -3.19. The molecule has 1 aliphatic heterocycles. The number of nitrogens with one attached hydrogen (secondary N) is 1. The van der Waals surface area contributed by atoms with Crippen molar-refractivity contribution in [3.8, 4) is 17.0 Å². The summed E-state index contributed by atoms with van der Waals surface area (Å²) >= 11 is 0. The number of aromatic amines is 1. The summed E-state index contributed by atoms with van der Waals surface area (Å²) in [6.07, 6.45) is 1.88. The predicted octanol–water partition coefficient (Wildman–Crippen LogP) is 3.96. The van der Waals surface area contributed by atoms with Gasteiger partial charge in [0.25, 0.3) is 5.91 Å². The summed E-state index contributed by atoms with van der Waals surface area (Å²) in [4.78, 5) is 17.1. The Kier molecular flexibility index (Phi) is 6.32. The van der Waals surface area contributed by atoms with Gasteiger partial charge in [-0.05, 0) is 43.7 Å². The van der Waals surface area contributed by atoms with Gasteiger partial charge in [0.15, 0.2) is 0 Å². The van der Waals surface area contributed by atoms with Crippen LogP contribution in [0, 0.1) is 5.82 Å². The van der Waals surface area contributed by atoms with Crippen molar-refractivity contribution in [3.05, 3.63) is 71.7 Å². The number of para-hydroxylation sites is 1. The second-order valence-electron chi connectivity index (χ2n) is 7.91. The molecule has 0 aliphatic carbocycles. The predicted molar refractivity (Wildman–Crippen MR) is 117 cm³/mol. The standard InChI is InChI=1S/C24H27FN4O2/c1-28(18-9-7-13-29(16-18)15-17-8-3-5-11-20(17)25)24(30)22-14-21(26-27-22)19-10-4-6-12-23(19)31-2/h3-6,8,10-12,14,18H,7,9,13,15-16H2,1-2H3,(H,26,27)/t18-/m1/s1. The molecular weight excluding hydrogens is 395 g/mol. The first-order valence-corrected chi connectivity index (χ1v) is 10.5. The molecule has 1 atom stereocenters. The molecule has 7 heteroatoms. The van der Waals surface area contributed by atoms with Crippen LogP contribution < -0.4 is 4.74 Å². The zero-order chi connectivity index (χ0) is 21.8. The lowest BCUT2D eigenvalue weighted by Crippen LogP contribution is -2.48. The van der Waals surface area contributed by atoms with Gasteiger partial charge in [-0.1, -0.05) is 30.3 Å². The lowest BCUT2D eigenvalue weighted by atomic mass is 10.0. The van der Waals surface area contributed by atoms with Crippen LogP contribution in [0.3, 0.4) is 0 Å². The van der Waals surface area contributed by atoms with Gasteiger partial charge in [-0.15, -0.1) is 0 Å². The van der Waals surface area contributed by atoms with Gasteiger partial charge in [0, 0.05) is 37.3 Å². The third-order valence-corrected chi connectivity index (χ3v) is 5.89. The summed E-state index contributed by atoms with van der Waals surface area (Å²) in [5.74, 6) is 0.416. The molecule has 0 saturated carbocycles. The molecule has 4 rings (SSSR count). The summed E-state index contributed by atoms with van der Waals surface area (Å²) in [5.41, 5.74) is 2.62. The molecule has 1 amide bonds. The van der Waals surface area contributed by atoms with E-state index in [0.29, 0.717) is 35.8 Å². The van der Waals surface area contributed by atoms with E-state index in [0.717, 1.165) is 24.9 Å². The third-order valence-electron chi connectivity index (χ3n) is 5.89. The lowest BCUT2D eigenvalue weighted by molar-refractivity contribution is 0.0602. The maximum atomic E-state index is 14.0. The van der Waals surface area contributed by atoms with Gasteiger partial charge in [0.2, 0.25) is 0 Å². The quantitative estimate of drug-likeness (QED) is 0.653. The Bertz CT molecular complexity index is 1050. The average molecular weight is 423 g/mol. The number of carbonyl (C=O) groups excluding carboxylic acids is 1. The smallest absolute Gasteiger partial charge is 0.271 e. The average Bonchev–Trinajstić information content (AvgIpc) is 3.30. The molecule has 1 saturated heterocycles. The van der Waals surface area contributed by atoms with Crippen LogP contribution in [0.25, 0.3) is 11.3 Å². The van der Waals surface area contributed by atoms with Crippen molar-refractivity contribution in [2.75, 3.05) is 27.2 Å². The number of halogens is 1. The topological polar surface area (TPSA) is 61.5 Å². The third kappa shape index (κ3) is 4.61. The van der Waals surface area contributed by atoms with Gasteiger partial charge in [-0.25, -0.2) is 4.39 Å². The molecule has 0 radical (unpaired) electrons. The highest BCUT2D eigenvalue weighted by atomic mass is 19.1. The SMILES string of the molecule is COc1ccccc1-c1cc(C(=O)N(C)[C@@H]2CCCN(Cc3ccccc3F)C2)[nH]n1. The molecule has 2 heterocycles. The Balaban J connectivity index is 1.44. The monoisotopic (exact) mass is 422 g/mol. The maximum Gasteiger partial charge on any atom is 0.271 e. The normalized spacial score (nSPS) is 16.8. The van der Waals surface area contributed by atoms with E-state index in [9.17, 15) is 9.18 Å². The van der Waals surface area contributed by atoms with Gasteiger partial charge < -0.3 is 9.64 Å². The van der Waals surface area contributed by atoms with Gasteiger partial charge >= 0.3 is 0 Å². The van der Waals surface area contributed by atoms with E-state index in [4.69, 9.17) is 4.74 Å². The number of nitrogens with zero attached hydrogens (tertiary/aromatic N) is 3. The van der Waals surface area contributed by atoms with E-state index in [2.05, 4.69) is 15.1 Å². The molecule has 1 N–H and O–H groups in total. The minimum atomic E-state index is -0.185. The Labute approximate surface area is 181 Å². The van der Waals surface area contributed by atoms with Crippen LogP contribution in [-0.2, 0) is 6.54 Å². The van der Waals surface area contributed by atoms with Crippen LogP contribution in [0.1, 0.15) is 28.9 Å². The molecule has 3 aromatic rings. The zero-order valence-corrected chi connectivity index (χ0v) is 17.8. The van der Waals surface area contributed by atoms with Crippen molar-refractivity contribution < 1.29 is 13.9 Å². The van der Waals surface area contributed by atoms with Gasteiger partial charge in [0.1, 0.15) is 17.3 Å². The molecule has 1 aromatic heterocycles. The minimum Gasteiger partial charge on any atom is -0.496 e. The number of benzene rings is 2. The summed E-state index contributed by atoms with van der Waals surface area (Å²) in [7, 11) is 3.44. The fraction of sp³-hybridized carbons (Fsp3) is 0.333. The van der Waals surface area contributed by atoms with Gasteiger partial charge in [0.05, 0.1) is 12.8 Å². The molecule has 6 nitrogen and oxygen atoms in total. The highest BCUT2D eigenvalue weighted by molar-refractivity contribution is 5.93. The highest BCUT2D eigenvalue weighted by Crippen LogP contribution is 2.29. The number of hydrogen-bond acceptors (Lipinski definition) is 4. The van der Waals surface area contributed by atoms with E-state index in [-0.39, 0.29) is 17.8 Å². The van der Waals surface area contributed by atoms with E-state index in [1.54, 1.807) is 24.1 Å². The van der Waals surface area contributed by atoms with Crippen LogP contribution in [-0.4, -0.2) is 59.2 Å². The minimum absolute atomic E-state index is 0.0611. The molecule has 31 heavy (non-hydrogen) atoms. The number of aromatic nitrogens is 2. The van der Waals surface area contributed by atoms with Crippen molar-refractivity contribution in [1.82, 2.24) is 20.0 Å². The summed E-state index contributed by atoms with van der Waals surface area (Å²) < 4.78 is 19.4. The summed E-state index contributed by atoms with van der Waals surface area (Å²) in [6.45, 7) is 2.16. The van der Waals surface area contributed by atoms with Crippen LogP contribution in [0.2, 0.25) is 0 Å². The first-order chi connectivity index (χ1) is 15.1. The molecule has 2 aromatic carbocycles. The largest absolute Gasteiger partial charge is 0.496 e. The fourth-order valence-corrected chi connectivity index (χ4v) is 4.14. The fourth-order valence-electron chi connectivity index (χ4n) is 4.14. The summed E-state index contributed by atoms with van der Waals surface area (Å²) in [6, 6.07) is 16.3. The molecule has 1 fully saturated rings.